The van der Waals surface area contributed by atoms with Crippen LogP contribution in [0.5, 0.6) is 0 Å². The first-order chi connectivity index (χ1) is 16.3. The van der Waals surface area contributed by atoms with Crippen molar-refractivity contribution in [2.45, 2.75) is 47.0 Å². The summed E-state index contributed by atoms with van der Waals surface area (Å²) < 4.78 is 0. The van der Waals surface area contributed by atoms with Crippen molar-refractivity contribution in [2.75, 3.05) is 36.4 Å². The summed E-state index contributed by atoms with van der Waals surface area (Å²) in [5.41, 5.74) is 6.79. The van der Waals surface area contributed by atoms with Crippen molar-refractivity contribution in [3.8, 4) is 0 Å². The largest absolute Gasteiger partial charge is 0.353 e. The van der Waals surface area contributed by atoms with Gasteiger partial charge in [0.05, 0.1) is 0 Å². The smallest absolute Gasteiger partial charge is 0.321 e. The second-order valence-corrected chi connectivity index (χ2v) is 9.50. The molecule has 2 heterocycles. The summed E-state index contributed by atoms with van der Waals surface area (Å²) in [6.07, 6.45) is 0.800. The zero-order chi connectivity index (χ0) is 24.2. The molecule has 34 heavy (non-hydrogen) atoms. The number of carbonyl (C=O) groups excluding carboxylic acids is 1. The van der Waals surface area contributed by atoms with Crippen molar-refractivity contribution in [2.24, 2.45) is 0 Å². The minimum Gasteiger partial charge on any atom is -0.353 e. The van der Waals surface area contributed by atoms with E-state index in [0.29, 0.717) is 19.0 Å². The number of urea groups is 1. The van der Waals surface area contributed by atoms with Crippen LogP contribution in [0.25, 0.3) is 0 Å². The number of nitrogens with one attached hydrogen (secondary N) is 1. The molecule has 1 aromatic heterocycles. The molecule has 0 aliphatic carbocycles. The Labute approximate surface area is 203 Å². The van der Waals surface area contributed by atoms with E-state index < -0.39 is 0 Å². The van der Waals surface area contributed by atoms with E-state index in [1.807, 2.05) is 24.0 Å². The van der Waals surface area contributed by atoms with Gasteiger partial charge in [-0.15, -0.1) is 0 Å². The van der Waals surface area contributed by atoms with Gasteiger partial charge in [-0.25, -0.2) is 14.8 Å². The molecular formula is C28H35N5O. The Hall–Kier alpha value is -3.41. The van der Waals surface area contributed by atoms with Crippen LogP contribution in [0.4, 0.5) is 16.3 Å². The lowest BCUT2D eigenvalue weighted by molar-refractivity contribution is 0.208. The van der Waals surface area contributed by atoms with Gasteiger partial charge < -0.3 is 15.1 Å². The fourth-order valence-corrected chi connectivity index (χ4v) is 4.37. The number of hydrogen-bond donors (Lipinski definition) is 1. The zero-order valence-electron chi connectivity index (χ0n) is 20.9. The van der Waals surface area contributed by atoms with Gasteiger partial charge in [0.15, 0.2) is 0 Å². The number of carbonyl (C=O) groups is 1. The van der Waals surface area contributed by atoms with Gasteiger partial charge in [-0.3, -0.25) is 0 Å². The summed E-state index contributed by atoms with van der Waals surface area (Å²) >= 11 is 0. The number of nitrogens with zero attached hydrogens (tertiary/aromatic N) is 4. The summed E-state index contributed by atoms with van der Waals surface area (Å²) in [5, 5.41) is 3.04. The lowest BCUT2D eigenvalue weighted by Gasteiger charge is -2.36. The maximum atomic E-state index is 12.8. The van der Waals surface area contributed by atoms with Crippen molar-refractivity contribution >= 4 is 17.5 Å². The zero-order valence-corrected chi connectivity index (χ0v) is 20.9. The molecule has 0 saturated carbocycles. The number of hydrogen-bond acceptors (Lipinski definition) is 4. The van der Waals surface area contributed by atoms with Crippen LogP contribution in [0.1, 0.15) is 53.5 Å². The van der Waals surface area contributed by atoms with Crippen LogP contribution in [0, 0.1) is 20.8 Å². The van der Waals surface area contributed by atoms with E-state index in [1.165, 1.54) is 16.7 Å². The Morgan fingerprint density at radius 2 is 1.56 bits per heavy atom. The van der Waals surface area contributed by atoms with E-state index in [1.54, 1.807) is 0 Å². The van der Waals surface area contributed by atoms with Gasteiger partial charge in [0.1, 0.15) is 11.6 Å². The first-order valence-corrected chi connectivity index (χ1v) is 12.1. The van der Waals surface area contributed by atoms with E-state index in [-0.39, 0.29) is 6.03 Å². The Bertz CT molecular complexity index is 1130. The SMILES string of the molecule is Cc1ccc(Cc2c(C)nc(C)nc2N2CCN(C(=O)Nc3ccc(C(C)C)cc3)CC2)cc1. The molecule has 178 valence electrons. The van der Waals surface area contributed by atoms with Crippen molar-refractivity contribution in [1.29, 1.82) is 0 Å². The molecule has 1 saturated heterocycles. The van der Waals surface area contributed by atoms with Crippen LogP contribution < -0.4 is 10.2 Å². The molecule has 1 fully saturated rings. The van der Waals surface area contributed by atoms with E-state index >= 15 is 0 Å². The number of aryl methyl sites for hydroxylation is 3. The molecule has 3 aromatic rings. The third kappa shape index (κ3) is 5.56. The number of amides is 2. The van der Waals surface area contributed by atoms with E-state index in [4.69, 9.17) is 4.98 Å². The normalized spacial score (nSPS) is 13.9. The Kier molecular flexibility index (Phi) is 7.15. The van der Waals surface area contributed by atoms with E-state index in [9.17, 15) is 4.79 Å². The topological polar surface area (TPSA) is 61.4 Å². The summed E-state index contributed by atoms with van der Waals surface area (Å²) in [5.74, 6) is 2.25. The van der Waals surface area contributed by atoms with Crippen molar-refractivity contribution < 1.29 is 4.79 Å². The van der Waals surface area contributed by atoms with Crippen molar-refractivity contribution in [3.63, 3.8) is 0 Å². The second-order valence-electron chi connectivity index (χ2n) is 9.50. The third-order valence-electron chi connectivity index (χ3n) is 6.50. The Morgan fingerprint density at radius 3 is 2.18 bits per heavy atom. The molecular weight excluding hydrogens is 422 g/mol. The summed E-state index contributed by atoms with van der Waals surface area (Å²) in [6.45, 7) is 13.2. The van der Waals surface area contributed by atoms with Crippen LogP contribution in [-0.4, -0.2) is 47.1 Å². The standard InChI is InChI=1S/C28H35N5O/c1-19(2)24-10-12-25(13-11-24)31-28(34)33-16-14-32(15-17-33)27-26(21(4)29-22(5)30-27)18-23-8-6-20(3)7-9-23/h6-13,19H,14-18H2,1-5H3,(H,31,34). The molecule has 0 atom stereocenters. The van der Waals surface area contributed by atoms with Gasteiger partial charge in [0, 0.05) is 49.5 Å². The lowest BCUT2D eigenvalue weighted by atomic mass is 10.0. The number of benzene rings is 2. The van der Waals surface area contributed by atoms with Gasteiger partial charge in [0.25, 0.3) is 0 Å². The molecule has 1 N–H and O–H groups in total. The lowest BCUT2D eigenvalue weighted by Crippen LogP contribution is -2.50. The van der Waals surface area contributed by atoms with Crippen LogP contribution in [0.3, 0.4) is 0 Å². The average Bonchev–Trinajstić information content (AvgIpc) is 2.82. The average molecular weight is 458 g/mol. The Balaban J connectivity index is 1.43. The monoisotopic (exact) mass is 457 g/mol. The van der Waals surface area contributed by atoms with Gasteiger partial charge in [-0.2, -0.15) is 0 Å². The van der Waals surface area contributed by atoms with Gasteiger partial charge in [-0.05, 0) is 49.9 Å². The van der Waals surface area contributed by atoms with E-state index in [0.717, 1.165) is 48.1 Å². The van der Waals surface area contributed by atoms with Crippen LogP contribution in [0.15, 0.2) is 48.5 Å². The summed E-state index contributed by atoms with van der Waals surface area (Å²) in [7, 11) is 0. The minimum absolute atomic E-state index is 0.0492. The fraction of sp³-hybridized carbons (Fsp3) is 0.393. The van der Waals surface area contributed by atoms with Crippen LogP contribution in [-0.2, 0) is 6.42 Å². The molecule has 0 unspecified atom stereocenters. The maximum absolute atomic E-state index is 12.8. The molecule has 6 heteroatoms. The Morgan fingerprint density at radius 1 is 0.912 bits per heavy atom. The molecule has 2 amide bonds. The molecule has 1 aliphatic rings. The highest BCUT2D eigenvalue weighted by molar-refractivity contribution is 5.89. The van der Waals surface area contributed by atoms with Crippen LogP contribution in [0.2, 0.25) is 0 Å². The third-order valence-corrected chi connectivity index (χ3v) is 6.50. The predicted molar refractivity (Wildman–Crippen MR) is 139 cm³/mol. The number of rotatable bonds is 5. The van der Waals surface area contributed by atoms with Gasteiger partial charge >= 0.3 is 6.03 Å². The maximum Gasteiger partial charge on any atom is 0.321 e. The first-order valence-electron chi connectivity index (χ1n) is 12.1. The quantitative estimate of drug-likeness (QED) is 0.552. The fourth-order valence-electron chi connectivity index (χ4n) is 4.37. The molecule has 0 radical (unpaired) electrons. The number of anilines is 2. The second kappa shape index (κ2) is 10.2. The van der Waals surface area contributed by atoms with Gasteiger partial charge in [-0.1, -0.05) is 55.8 Å². The number of aromatic nitrogens is 2. The first kappa shape index (κ1) is 23.7. The summed E-state index contributed by atoms with van der Waals surface area (Å²) in [6, 6.07) is 16.7. The molecule has 1 aliphatic heterocycles. The minimum atomic E-state index is -0.0492. The van der Waals surface area contributed by atoms with Gasteiger partial charge in [0.2, 0.25) is 0 Å². The predicted octanol–water partition coefficient (Wildman–Crippen LogP) is 5.47. The van der Waals surface area contributed by atoms with Crippen molar-refractivity contribution in [1.82, 2.24) is 14.9 Å². The molecule has 4 rings (SSSR count). The molecule has 2 aromatic carbocycles. The van der Waals surface area contributed by atoms with Crippen LogP contribution >= 0.6 is 0 Å². The number of piperazine rings is 1. The summed E-state index contributed by atoms with van der Waals surface area (Å²) in [4.78, 5) is 26.5. The molecule has 6 nitrogen and oxygen atoms in total. The van der Waals surface area contributed by atoms with E-state index in [2.05, 4.69) is 79.3 Å². The molecule has 0 bridgehead atoms. The highest BCUT2D eigenvalue weighted by Gasteiger charge is 2.25. The molecule has 0 spiro atoms. The van der Waals surface area contributed by atoms with Crippen molar-refractivity contribution in [3.05, 3.63) is 82.3 Å². The highest BCUT2D eigenvalue weighted by Crippen LogP contribution is 2.25. The highest BCUT2D eigenvalue weighted by atomic mass is 16.2.